The van der Waals surface area contributed by atoms with Crippen molar-refractivity contribution in [1.29, 1.82) is 0 Å². The molecule has 0 fully saturated rings. The second-order valence-corrected chi connectivity index (χ2v) is 19.0. The molecular formula is C63H45N. The summed E-state index contributed by atoms with van der Waals surface area (Å²) in [7, 11) is 0. The molecule has 13 rings (SSSR count). The summed E-state index contributed by atoms with van der Waals surface area (Å²) < 4.78 is 0. The van der Waals surface area contributed by atoms with Crippen LogP contribution in [-0.4, -0.2) is 4.98 Å². The van der Waals surface area contributed by atoms with Gasteiger partial charge in [-0.25, -0.2) is 0 Å². The molecular weight excluding hydrogens is 771 g/mol. The van der Waals surface area contributed by atoms with E-state index in [4.69, 9.17) is 4.98 Å². The van der Waals surface area contributed by atoms with E-state index in [9.17, 15) is 0 Å². The second kappa shape index (κ2) is 13.4. The van der Waals surface area contributed by atoms with E-state index in [0.717, 1.165) is 5.52 Å². The standard InChI is InChI=1S/C63H45N/c1-62(2)55-34-40(46-22-11-16-38-14-5-7-18-44(38)46)25-29-48(55)50-31-27-42(36-57(50)62)59-52-20-9-10-21-53(52)60(61-54(59)24-13-33-64-61)43-28-32-51-49-30-26-41(35-56(49)63(3,4)58(51)37-43)47-23-12-17-39-15-6-8-19-45(39)47/h5-37H,1-4H3. The highest BCUT2D eigenvalue weighted by molar-refractivity contribution is 6.20. The third-order valence-corrected chi connectivity index (χ3v) is 14.9. The molecule has 1 heteroatoms. The summed E-state index contributed by atoms with van der Waals surface area (Å²) >= 11 is 0. The molecule has 0 saturated carbocycles. The van der Waals surface area contributed by atoms with Crippen LogP contribution in [0.4, 0.5) is 0 Å². The van der Waals surface area contributed by atoms with Gasteiger partial charge in [0.1, 0.15) is 0 Å². The molecule has 64 heavy (non-hydrogen) atoms. The van der Waals surface area contributed by atoms with Crippen LogP contribution in [0.15, 0.2) is 200 Å². The molecule has 0 unspecified atom stereocenters. The van der Waals surface area contributed by atoms with Gasteiger partial charge in [-0.3, -0.25) is 4.98 Å². The Balaban J connectivity index is 0.931. The van der Waals surface area contributed by atoms with Crippen LogP contribution in [0, 0.1) is 0 Å². The van der Waals surface area contributed by atoms with Crippen LogP contribution in [-0.2, 0) is 10.8 Å². The minimum atomic E-state index is -0.190. The van der Waals surface area contributed by atoms with Crippen molar-refractivity contribution in [3.05, 3.63) is 223 Å². The van der Waals surface area contributed by atoms with Gasteiger partial charge < -0.3 is 0 Å². The SMILES string of the molecule is CC1(C)c2cc(-c3cccc4ccccc34)ccc2-c2ccc(-c3c4ccccc4c(-c4ccc5c(c4)C(C)(C)c4cc(-c6cccc7ccccc67)ccc4-5)c4ncccc34)cc21. The average Bonchev–Trinajstić information content (AvgIpc) is 3.70. The molecule has 0 amide bonds. The van der Waals surface area contributed by atoms with Crippen molar-refractivity contribution in [3.63, 3.8) is 0 Å². The van der Waals surface area contributed by atoms with Gasteiger partial charge in [0, 0.05) is 28.0 Å². The normalized spacial score (nSPS) is 14.2. The Morgan fingerprint density at radius 1 is 0.297 bits per heavy atom. The van der Waals surface area contributed by atoms with Crippen molar-refractivity contribution in [2.24, 2.45) is 0 Å². The molecule has 302 valence electrons. The lowest BCUT2D eigenvalue weighted by Gasteiger charge is -2.24. The number of benzene rings is 10. The smallest absolute Gasteiger partial charge is 0.0792 e. The summed E-state index contributed by atoms with van der Waals surface area (Å²) in [6, 6.07) is 72.6. The van der Waals surface area contributed by atoms with E-state index < -0.39 is 0 Å². The molecule has 2 aliphatic carbocycles. The van der Waals surface area contributed by atoms with Crippen LogP contribution in [0.25, 0.3) is 110 Å². The van der Waals surface area contributed by atoms with Crippen molar-refractivity contribution in [2.45, 2.75) is 38.5 Å². The van der Waals surface area contributed by atoms with Gasteiger partial charge in [-0.1, -0.05) is 191 Å². The molecule has 1 heterocycles. The molecule has 10 aromatic carbocycles. The highest BCUT2D eigenvalue weighted by atomic mass is 14.7. The van der Waals surface area contributed by atoms with Crippen LogP contribution in [0.5, 0.6) is 0 Å². The fraction of sp³-hybridized carbons (Fsp3) is 0.0952. The van der Waals surface area contributed by atoms with Gasteiger partial charge in [-0.2, -0.15) is 0 Å². The first kappa shape index (κ1) is 37.0. The number of aromatic nitrogens is 1. The topological polar surface area (TPSA) is 12.9 Å². The summed E-state index contributed by atoms with van der Waals surface area (Å²) in [6.07, 6.45) is 1.96. The maximum Gasteiger partial charge on any atom is 0.0792 e. The predicted molar refractivity (Wildman–Crippen MR) is 271 cm³/mol. The lowest BCUT2D eigenvalue weighted by Crippen LogP contribution is -2.15. The van der Waals surface area contributed by atoms with Gasteiger partial charge >= 0.3 is 0 Å². The van der Waals surface area contributed by atoms with Crippen LogP contribution < -0.4 is 0 Å². The van der Waals surface area contributed by atoms with Gasteiger partial charge in [-0.05, 0) is 146 Å². The number of fused-ring (bicyclic) bond motifs is 10. The fourth-order valence-corrected chi connectivity index (χ4v) is 11.7. The Morgan fingerprint density at radius 2 is 0.672 bits per heavy atom. The zero-order valence-corrected chi connectivity index (χ0v) is 36.5. The summed E-state index contributed by atoms with van der Waals surface area (Å²) in [5.41, 5.74) is 21.4. The van der Waals surface area contributed by atoms with E-state index in [0.29, 0.717) is 0 Å². The third-order valence-electron chi connectivity index (χ3n) is 14.9. The maximum atomic E-state index is 5.23. The monoisotopic (exact) mass is 815 g/mol. The van der Waals surface area contributed by atoms with E-state index >= 15 is 0 Å². The fourth-order valence-electron chi connectivity index (χ4n) is 11.7. The van der Waals surface area contributed by atoms with Crippen LogP contribution in [0.2, 0.25) is 0 Å². The molecule has 0 radical (unpaired) electrons. The van der Waals surface area contributed by atoms with Crippen molar-refractivity contribution in [3.8, 4) is 66.8 Å². The van der Waals surface area contributed by atoms with Crippen molar-refractivity contribution in [2.75, 3.05) is 0 Å². The zero-order chi connectivity index (χ0) is 42.9. The number of rotatable bonds is 4. The molecule has 0 atom stereocenters. The molecule has 2 aliphatic rings. The lowest BCUT2D eigenvalue weighted by atomic mass is 9.79. The molecule has 0 bridgehead atoms. The Labute approximate surface area is 374 Å². The first-order valence-corrected chi connectivity index (χ1v) is 22.6. The molecule has 1 aromatic heterocycles. The zero-order valence-electron chi connectivity index (χ0n) is 36.5. The van der Waals surface area contributed by atoms with E-state index in [2.05, 4.69) is 222 Å². The number of hydrogen-bond acceptors (Lipinski definition) is 1. The molecule has 11 aromatic rings. The van der Waals surface area contributed by atoms with E-state index in [1.165, 1.54) is 127 Å². The third kappa shape index (κ3) is 5.22. The van der Waals surface area contributed by atoms with Crippen LogP contribution in [0.1, 0.15) is 49.9 Å². The minimum absolute atomic E-state index is 0.185. The summed E-state index contributed by atoms with van der Waals surface area (Å²) in [5.74, 6) is 0. The highest BCUT2D eigenvalue weighted by Gasteiger charge is 2.38. The van der Waals surface area contributed by atoms with Gasteiger partial charge in [-0.15, -0.1) is 0 Å². The van der Waals surface area contributed by atoms with Crippen molar-refractivity contribution in [1.82, 2.24) is 4.98 Å². The predicted octanol–water partition coefficient (Wildman–Crippen LogP) is 17.0. The van der Waals surface area contributed by atoms with Crippen LogP contribution in [0.3, 0.4) is 0 Å². The lowest BCUT2D eigenvalue weighted by molar-refractivity contribution is 0.660. The van der Waals surface area contributed by atoms with E-state index in [1.807, 2.05) is 6.20 Å². The van der Waals surface area contributed by atoms with Crippen LogP contribution >= 0.6 is 0 Å². The quantitative estimate of drug-likeness (QED) is 0.161. The van der Waals surface area contributed by atoms with Crippen molar-refractivity contribution >= 4 is 43.2 Å². The molecule has 0 aliphatic heterocycles. The Bertz CT molecular complexity index is 3470. The number of nitrogens with zero attached hydrogens (tertiary/aromatic N) is 1. The molecule has 0 saturated heterocycles. The Morgan fingerprint density at radius 3 is 1.17 bits per heavy atom. The van der Waals surface area contributed by atoms with Gasteiger partial charge in [0.25, 0.3) is 0 Å². The minimum Gasteiger partial charge on any atom is -0.256 e. The van der Waals surface area contributed by atoms with E-state index in [-0.39, 0.29) is 10.8 Å². The number of hydrogen-bond donors (Lipinski definition) is 0. The molecule has 0 N–H and O–H groups in total. The first-order valence-electron chi connectivity index (χ1n) is 22.6. The van der Waals surface area contributed by atoms with Crippen molar-refractivity contribution < 1.29 is 0 Å². The van der Waals surface area contributed by atoms with E-state index in [1.54, 1.807) is 0 Å². The van der Waals surface area contributed by atoms with Gasteiger partial charge in [0.05, 0.1) is 5.52 Å². The first-order chi connectivity index (χ1) is 31.3. The summed E-state index contributed by atoms with van der Waals surface area (Å²) in [5, 5.41) is 8.75. The van der Waals surface area contributed by atoms with Gasteiger partial charge in [0.2, 0.25) is 0 Å². The average molecular weight is 816 g/mol. The highest BCUT2D eigenvalue weighted by Crippen LogP contribution is 2.54. The largest absolute Gasteiger partial charge is 0.256 e. The number of pyridine rings is 1. The van der Waals surface area contributed by atoms with Gasteiger partial charge in [0.15, 0.2) is 0 Å². The Hall–Kier alpha value is -7.61. The molecule has 1 nitrogen and oxygen atoms in total. The maximum absolute atomic E-state index is 5.23. The summed E-state index contributed by atoms with van der Waals surface area (Å²) in [4.78, 5) is 5.23. The Kier molecular flexibility index (Phi) is 7.77. The second-order valence-electron chi connectivity index (χ2n) is 19.0. The molecule has 0 spiro atoms. The summed E-state index contributed by atoms with van der Waals surface area (Å²) in [6.45, 7) is 9.58.